The molecule has 0 aliphatic rings. The third-order valence-corrected chi connectivity index (χ3v) is 0.939. The Hall–Kier alpha value is -1.16. The summed E-state index contributed by atoms with van der Waals surface area (Å²) < 4.78 is 0. The fourth-order valence-corrected chi connectivity index (χ4v) is 0.399. The van der Waals surface area contributed by atoms with Crippen LogP contribution in [0.4, 0.5) is 0 Å². The Morgan fingerprint density at radius 1 is 1.31 bits per heavy atom. The predicted octanol–water partition coefficient (Wildman–Crippen LogP) is 0.995. The molecule has 0 aromatic rings. The van der Waals surface area contributed by atoms with E-state index in [1.165, 1.54) is 13.8 Å². The monoisotopic (exact) mass is 188 g/mol. The van der Waals surface area contributed by atoms with E-state index in [2.05, 4.69) is 6.58 Å². The van der Waals surface area contributed by atoms with Crippen LogP contribution >= 0.6 is 0 Å². The molecule has 0 amide bonds. The van der Waals surface area contributed by atoms with Gasteiger partial charge in [-0.15, -0.1) is 0 Å². The Bertz CT molecular complexity index is 180. The van der Waals surface area contributed by atoms with Gasteiger partial charge < -0.3 is 15.0 Å². The lowest BCUT2D eigenvalue weighted by Gasteiger charge is -1.94. The maximum absolute atomic E-state index is 10.0. The number of rotatable bonds is 4. The van der Waals surface area contributed by atoms with E-state index in [0.717, 1.165) is 0 Å². The van der Waals surface area contributed by atoms with Gasteiger partial charge in [-0.25, -0.2) is 4.79 Å². The highest BCUT2D eigenvalue weighted by molar-refractivity contribution is 5.85. The molecule has 0 spiro atoms. The van der Waals surface area contributed by atoms with E-state index < -0.39 is 5.97 Å². The van der Waals surface area contributed by atoms with Crippen molar-refractivity contribution in [3.63, 3.8) is 0 Å². The van der Waals surface area contributed by atoms with Gasteiger partial charge in [-0.2, -0.15) is 0 Å². The van der Waals surface area contributed by atoms with E-state index in [4.69, 9.17) is 10.2 Å². The predicted molar refractivity (Wildman–Crippen MR) is 49.5 cm³/mol. The summed E-state index contributed by atoms with van der Waals surface area (Å²) in [6.45, 7) is 6.36. The second-order valence-electron chi connectivity index (χ2n) is 2.64. The minimum absolute atomic E-state index is 0.0201. The highest BCUT2D eigenvalue weighted by Crippen LogP contribution is 2.00. The maximum atomic E-state index is 10.0. The lowest BCUT2D eigenvalue weighted by atomic mass is 10.2. The normalized spacial score (nSPS) is 8.23. The summed E-state index contributed by atoms with van der Waals surface area (Å²) in [7, 11) is 0. The molecule has 0 rings (SSSR count). The molecule has 0 aliphatic heterocycles. The highest BCUT2D eigenvalue weighted by Gasteiger charge is 2.00. The third-order valence-electron chi connectivity index (χ3n) is 0.939. The van der Waals surface area contributed by atoms with Crippen molar-refractivity contribution in [1.82, 2.24) is 0 Å². The second-order valence-corrected chi connectivity index (χ2v) is 2.64. The van der Waals surface area contributed by atoms with Crippen LogP contribution < -0.4 is 0 Å². The lowest BCUT2D eigenvalue weighted by molar-refractivity contribution is -0.132. The van der Waals surface area contributed by atoms with Crippen molar-refractivity contribution in [2.24, 2.45) is 0 Å². The first-order valence-corrected chi connectivity index (χ1v) is 3.91. The van der Waals surface area contributed by atoms with Crippen molar-refractivity contribution in [2.75, 3.05) is 6.61 Å². The Kier molecular flexibility index (Phi) is 9.87. The molecule has 0 saturated carbocycles. The molecule has 2 N–H and O–H groups in total. The van der Waals surface area contributed by atoms with Gasteiger partial charge in [0.25, 0.3) is 0 Å². The number of carboxylic acid groups (broad SMARTS) is 1. The number of aliphatic carboxylic acids is 1. The molecule has 0 aliphatic carbocycles. The number of hydrogen-bond donors (Lipinski definition) is 2. The lowest BCUT2D eigenvalue weighted by Crippen LogP contribution is -1.99. The molecule has 13 heavy (non-hydrogen) atoms. The summed E-state index contributed by atoms with van der Waals surface area (Å²) in [6, 6.07) is 0. The van der Waals surface area contributed by atoms with Crippen LogP contribution in [0, 0.1) is 0 Å². The number of carbonyl (C=O) groups is 2. The fraction of sp³-hybridized carbons (Fsp3) is 0.556. The summed E-state index contributed by atoms with van der Waals surface area (Å²) in [6.07, 6.45) is 0.844. The number of aliphatic hydroxyl groups excluding tert-OH is 1. The van der Waals surface area contributed by atoms with Crippen molar-refractivity contribution in [2.45, 2.75) is 26.7 Å². The van der Waals surface area contributed by atoms with Gasteiger partial charge in [0.15, 0.2) is 0 Å². The summed E-state index contributed by atoms with van der Waals surface area (Å²) in [5, 5.41) is 16.5. The summed E-state index contributed by atoms with van der Waals surface area (Å²) in [5.41, 5.74) is 0.157. The molecule has 0 saturated heterocycles. The third kappa shape index (κ3) is 18.1. The summed E-state index contributed by atoms with van der Waals surface area (Å²) >= 11 is 0. The molecule has 0 atom stereocenters. The molecule has 0 radical (unpaired) electrons. The first-order valence-electron chi connectivity index (χ1n) is 3.91. The average molecular weight is 188 g/mol. The van der Waals surface area contributed by atoms with E-state index in [1.54, 1.807) is 0 Å². The van der Waals surface area contributed by atoms with Gasteiger partial charge >= 0.3 is 5.97 Å². The number of ketones is 1. The van der Waals surface area contributed by atoms with E-state index >= 15 is 0 Å². The van der Waals surface area contributed by atoms with E-state index in [0.29, 0.717) is 12.8 Å². The standard InChI is InChI=1S/C6H10O3.C3H6O/c1-5(6(8)9)3-2-4-7;1-3(2)4/h7H,1-4H2,(H,8,9);1-2H3. The number of aliphatic hydroxyl groups is 1. The van der Waals surface area contributed by atoms with Crippen molar-refractivity contribution in [3.8, 4) is 0 Å². The minimum atomic E-state index is -0.983. The van der Waals surface area contributed by atoms with Crippen molar-refractivity contribution in [3.05, 3.63) is 12.2 Å². The van der Waals surface area contributed by atoms with Crippen LogP contribution in [0.2, 0.25) is 0 Å². The Labute approximate surface area is 77.9 Å². The van der Waals surface area contributed by atoms with Gasteiger partial charge in [-0.05, 0) is 26.7 Å². The van der Waals surface area contributed by atoms with Crippen LogP contribution in [0.1, 0.15) is 26.7 Å². The smallest absolute Gasteiger partial charge is 0.330 e. The minimum Gasteiger partial charge on any atom is -0.478 e. The summed E-state index contributed by atoms with van der Waals surface area (Å²) in [5.74, 6) is -0.816. The molecular weight excluding hydrogens is 172 g/mol. The molecule has 4 nitrogen and oxygen atoms in total. The van der Waals surface area contributed by atoms with Crippen molar-refractivity contribution >= 4 is 11.8 Å². The van der Waals surface area contributed by atoms with Gasteiger partial charge in [0.1, 0.15) is 5.78 Å². The van der Waals surface area contributed by atoms with Crippen LogP contribution in [0.3, 0.4) is 0 Å². The molecule has 0 bridgehead atoms. The quantitative estimate of drug-likeness (QED) is 0.645. The molecule has 76 valence electrons. The molecule has 0 aromatic heterocycles. The number of carbonyl (C=O) groups excluding carboxylic acids is 1. The largest absolute Gasteiger partial charge is 0.478 e. The number of carboxylic acids is 1. The first kappa shape index (κ1) is 14.4. The number of hydrogen-bond acceptors (Lipinski definition) is 3. The van der Waals surface area contributed by atoms with Crippen LogP contribution in [0.25, 0.3) is 0 Å². The Balaban J connectivity index is 0. The van der Waals surface area contributed by atoms with Gasteiger partial charge in [0, 0.05) is 12.2 Å². The van der Waals surface area contributed by atoms with Gasteiger partial charge in [-0.1, -0.05) is 6.58 Å². The van der Waals surface area contributed by atoms with Crippen molar-refractivity contribution in [1.29, 1.82) is 0 Å². The van der Waals surface area contributed by atoms with Crippen LogP contribution in [-0.2, 0) is 9.59 Å². The topological polar surface area (TPSA) is 74.6 Å². The van der Waals surface area contributed by atoms with E-state index in [1.807, 2.05) is 0 Å². The maximum Gasteiger partial charge on any atom is 0.330 e. The zero-order valence-electron chi connectivity index (χ0n) is 8.04. The van der Waals surface area contributed by atoms with Crippen LogP contribution in [0.5, 0.6) is 0 Å². The van der Waals surface area contributed by atoms with Gasteiger partial charge in [0.05, 0.1) is 0 Å². The highest BCUT2D eigenvalue weighted by atomic mass is 16.4. The SMILES string of the molecule is C=C(CCCO)C(=O)O.CC(C)=O. The van der Waals surface area contributed by atoms with E-state index in [9.17, 15) is 9.59 Å². The zero-order chi connectivity index (χ0) is 10.9. The Morgan fingerprint density at radius 3 is 1.92 bits per heavy atom. The zero-order valence-corrected chi connectivity index (χ0v) is 8.04. The first-order chi connectivity index (χ1) is 5.91. The van der Waals surface area contributed by atoms with E-state index in [-0.39, 0.29) is 18.0 Å². The number of Topliss-reactive ketones (excluding diaryl/α,β-unsaturated/α-hetero) is 1. The molecule has 0 fully saturated rings. The van der Waals surface area contributed by atoms with Crippen LogP contribution in [0.15, 0.2) is 12.2 Å². The second kappa shape index (κ2) is 8.93. The van der Waals surface area contributed by atoms with Gasteiger partial charge in [-0.3, -0.25) is 0 Å². The fourth-order valence-electron chi connectivity index (χ4n) is 0.399. The van der Waals surface area contributed by atoms with Gasteiger partial charge in [0.2, 0.25) is 0 Å². The van der Waals surface area contributed by atoms with Crippen LogP contribution in [-0.4, -0.2) is 28.6 Å². The molecule has 0 aromatic carbocycles. The Morgan fingerprint density at radius 2 is 1.69 bits per heavy atom. The molecule has 0 unspecified atom stereocenters. The average Bonchev–Trinajstić information content (AvgIpc) is 1.98. The molecule has 0 heterocycles. The molecular formula is C9H16O4. The summed E-state index contributed by atoms with van der Waals surface area (Å²) in [4.78, 5) is 19.5. The molecule has 4 heteroatoms. The van der Waals surface area contributed by atoms with Crippen molar-refractivity contribution < 1.29 is 19.8 Å².